The van der Waals surface area contributed by atoms with Gasteiger partial charge in [-0.15, -0.1) is 0 Å². The van der Waals surface area contributed by atoms with Crippen molar-refractivity contribution in [3.05, 3.63) is 42.9 Å². The van der Waals surface area contributed by atoms with Crippen LogP contribution >= 0.6 is 0 Å². The van der Waals surface area contributed by atoms with E-state index >= 15 is 0 Å². The Hall–Kier alpha value is -3.13. The first-order valence-electron chi connectivity index (χ1n) is 11.3. The smallest absolute Gasteiger partial charge is 0.153 e. The third kappa shape index (κ3) is 5.19. The van der Waals surface area contributed by atoms with Crippen LogP contribution < -0.4 is 15.0 Å². The molecule has 32 heavy (non-hydrogen) atoms. The highest BCUT2D eigenvalue weighted by Crippen LogP contribution is 2.34. The average Bonchev–Trinajstić information content (AvgIpc) is 3.27. The highest BCUT2D eigenvalue weighted by molar-refractivity contribution is 5.73. The Kier molecular flexibility index (Phi) is 6.90. The summed E-state index contributed by atoms with van der Waals surface area (Å²) in [7, 11) is 3.88. The number of likely N-dealkylation sites (tertiary alicyclic amines) is 1. The molecular formula is C24H33N7O. The number of piperidine rings is 1. The van der Waals surface area contributed by atoms with Crippen LogP contribution in [0, 0.1) is 5.92 Å². The maximum atomic E-state index is 5.72. The van der Waals surface area contributed by atoms with Crippen LogP contribution in [0.4, 0.5) is 17.3 Å². The minimum atomic E-state index is 0.643. The number of methoxy groups -OCH3 is 1. The van der Waals surface area contributed by atoms with Crippen LogP contribution in [0.5, 0.6) is 5.75 Å². The van der Waals surface area contributed by atoms with E-state index in [-0.39, 0.29) is 0 Å². The highest BCUT2D eigenvalue weighted by atomic mass is 16.5. The van der Waals surface area contributed by atoms with Crippen LogP contribution in [0.15, 0.2) is 42.9 Å². The van der Waals surface area contributed by atoms with Gasteiger partial charge in [-0.25, -0.2) is 4.98 Å². The maximum absolute atomic E-state index is 5.72. The molecular weight excluding hydrogens is 402 g/mol. The Labute approximate surface area is 190 Å². The molecule has 1 fully saturated rings. The minimum absolute atomic E-state index is 0.643. The third-order valence-electron chi connectivity index (χ3n) is 6.22. The zero-order chi connectivity index (χ0) is 22.5. The Morgan fingerprint density at radius 1 is 1.19 bits per heavy atom. The quantitative estimate of drug-likeness (QED) is 0.549. The number of aromatic nitrogens is 4. The number of nitrogens with one attached hydrogen (secondary N) is 2. The van der Waals surface area contributed by atoms with Crippen LogP contribution in [-0.4, -0.2) is 64.9 Å². The fourth-order valence-corrected chi connectivity index (χ4v) is 4.30. The first kappa shape index (κ1) is 22.1. The number of ether oxygens (including phenoxy) is 1. The maximum Gasteiger partial charge on any atom is 0.153 e. The Balaban J connectivity index is 1.43. The summed E-state index contributed by atoms with van der Waals surface area (Å²) >= 11 is 0. The van der Waals surface area contributed by atoms with Gasteiger partial charge in [0.1, 0.15) is 11.6 Å². The summed E-state index contributed by atoms with van der Waals surface area (Å²) in [6.07, 6.45) is 7.45. The molecule has 2 N–H and O–H groups in total. The molecule has 0 radical (unpaired) electrons. The Morgan fingerprint density at radius 2 is 2.00 bits per heavy atom. The van der Waals surface area contributed by atoms with E-state index in [1.165, 1.54) is 25.9 Å². The van der Waals surface area contributed by atoms with Crippen molar-refractivity contribution < 1.29 is 4.74 Å². The van der Waals surface area contributed by atoms with Gasteiger partial charge in [-0.2, -0.15) is 5.10 Å². The second-order valence-corrected chi connectivity index (χ2v) is 8.72. The van der Waals surface area contributed by atoms with Gasteiger partial charge < -0.3 is 19.9 Å². The predicted molar refractivity (Wildman–Crippen MR) is 129 cm³/mol. The van der Waals surface area contributed by atoms with Crippen molar-refractivity contribution in [3.8, 4) is 17.0 Å². The summed E-state index contributed by atoms with van der Waals surface area (Å²) < 4.78 is 5.72. The van der Waals surface area contributed by atoms with Crippen molar-refractivity contribution in [1.82, 2.24) is 25.1 Å². The molecule has 0 aliphatic carbocycles. The van der Waals surface area contributed by atoms with Crippen molar-refractivity contribution in [3.63, 3.8) is 0 Å². The molecule has 8 heteroatoms. The van der Waals surface area contributed by atoms with E-state index < -0.39 is 0 Å². The van der Waals surface area contributed by atoms with Crippen molar-refractivity contribution in [2.75, 3.05) is 44.0 Å². The van der Waals surface area contributed by atoms with Gasteiger partial charge in [-0.1, -0.05) is 0 Å². The van der Waals surface area contributed by atoms with Gasteiger partial charge in [0.25, 0.3) is 0 Å². The predicted octanol–water partition coefficient (Wildman–Crippen LogP) is 4.18. The van der Waals surface area contributed by atoms with Crippen molar-refractivity contribution in [1.29, 1.82) is 0 Å². The van der Waals surface area contributed by atoms with Gasteiger partial charge in [0.15, 0.2) is 5.82 Å². The van der Waals surface area contributed by atoms with Crippen molar-refractivity contribution in [2.24, 2.45) is 5.92 Å². The minimum Gasteiger partial charge on any atom is -0.496 e. The Morgan fingerprint density at radius 3 is 2.69 bits per heavy atom. The van der Waals surface area contributed by atoms with Crippen molar-refractivity contribution in [2.45, 2.75) is 32.7 Å². The lowest BCUT2D eigenvalue weighted by Gasteiger charge is -2.36. The molecule has 1 aliphatic heterocycles. The number of nitrogens with zero attached hydrogens (tertiary/aromatic N) is 5. The van der Waals surface area contributed by atoms with Crippen molar-refractivity contribution >= 4 is 17.3 Å². The van der Waals surface area contributed by atoms with Crippen LogP contribution in [0.2, 0.25) is 0 Å². The van der Waals surface area contributed by atoms with E-state index in [1.807, 2.05) is 6.07 Å². The lowest BCUT2D eigenvalue weighted by molar-refractivity contribution is 0.151. The summed E-state index contributed by atoms with van der Waals surface area (Å²) in [6, 6.07) is 8.93. The second kappa shape index (κ2) is 9.99. The van der Waals surface area contributed by atoms with Crippen LogP contribution in [-0.2, 0) is 0 Å². The molecule has 0 bridgehead atoms. The second-order valence-electron chi connectivity index (χ2n) is 8.72. The first-order valence-corrected chi connectivity index (χ1v) is 11.3. The van der Waals surface area contributed by atoms with E-state index in [0.717, 1.165) is 35.2 Å². The third-order valence-corrected chi connectivity index (χ3v) is 6.22. The summed E-state index contributed by atoms with van der Waals surface area (Å²) in [5.41, 5.74) is 3.01. The summed E-state index contributed by atoms with van der Waals surface area (Å²) in [6.45, 7) is 8.03. The molecule has 3 heterocycles. The number of hydrogen-bond donors (Lipinski definition) is 2. The fourth-order valence-electron chi connectivity index (χ4n) is 4.30. The van der Waals surface area contributed by atoms with E-state index in [9.17, 15) is 0 Å². The van der Waals surface area contributed by atoms with Gasteiger partial charge in [-0.3, -0.25) is 10.1 Å². The number of benzene rings is 1. The molecule has 170 valence electrons. The molecule has 0 unspecified atom stereocenters. The Bertz CT molecular complexity index is 997. The van der Waals surface area contributed by atoms with Gasteiger partial charge in [0, 0.05) is 55.4 Å². The van der Waals surface area contributed by atoms with Gasteiger partial charge in [0.05, 0.1) is 19.0 Å². The van der Waals surface area contributed by atoms with Gasteiger partial charge in [-0.05, 0) is 57.8 Å². The molecule has 1 aromatic carbocycles. The average molecular weight is 436 g/mol. The molecule has 8 nitrogen and oxygen atoms in total. The number of hydrogen-bond acceptors (Lipinski definition) is 7. The SMILES string of the molecule is COc1cc(N(C)CC2CCN(C(C)C)CC2)ccc1-c1cc(Nc2cnccn2)n[nH]1. The molecule has 1 saturated heterocycles. The standard InChI is InChI=1S/C24H33N7O/c1-17(2)31-11-7-18(8-12-31)16-30(3)19-5-6-20(22(13-19)32-4)21-14-23(29-28-21)27-24-15-25-9-10-26-24/h5-6,9-10,13-15,17-18H,7-8,11-12,16H2,1-4H3,(H2,26,27,28,29). The van der Waals surface area contributed by atoms with Crippen LogP contribution in [0.3, 0.4) is 0 Å². The van der Waals surface area contributed by atoms with Gasteiger partial charge >= 0.3 is 0 Å². The molecule has 2 aromatic heterocycles. The molecule has 3 aromatic rings. The van der Waals surface area contributed by atoms with E-state index in [1.54, 1.807) is 25.7 Å². The first-order chi connectivity index (χ1) is 15.5. The number of rotatable bonds is 8. The summed E-state index contributed by atoms with van der Waals surface area (Å²) in [4.78, 5) is 13.2. The molecule has 1 aliphatic rings. The number of anilines is 3. The highest BCUT2D eigenvalue weighted by Gasteiger charge is 2.22. The van der Waals surface area contributed by atoms with Gasteiger partial charge in [0.2, 0.25) is 0 Å². The number of aromatic amines is 1. The molecule has 0 saturated carbocycles. The largest absolute Gasteiger partial charge is 0.496 e. The normalized spacial score (nSPS) is 15.2. The van der Waals surface area contributed by atoms with E-state index in [4.69, 9.17) is 4.74 Å². The molecule has 0 amide bonds. The molecule has 0 atom stereocenters. The number of H-pyrrole nitrogens is 1. The summed E-state index contributed by atoms with van der Waals surface area (Å²) in [5.74, 6) is 2.87. The molecule has 4 rings (SSSR count). The monoisotopic (exact) mass is 435 g/mol. The van der Waals surface area contributed by atoms with Crippen LogP contribution in [0.1, 0.15) is 26.7 Å². The summed E-state index contributed by atoms with van der Waals surface area (Å²) in [5, 5.41) is 10.6. The fraction of sp³-hybridized carbons (Fsp3) is 0.458. The zero-order valence-corrected chi connectivity index (χ0v) is 19.4. The topological polar surface area (TPSA) is 82.2 Å². The zero-order valence-electron chi connectivity index (χ0n) is 19.4. The van der Waals surface area contributed by atoms with E-state index in [0.29, 0.717) is 17.7 Å². The lowest BCUT2D eigenvalue weighted by atomic mass is 9.95. The van der Waals surface area contributed by atoms with E-state index in [2.05, 4.69) is 74.4 Å². The van der Waals surface area contributed by atoms with Crippen LogP contribution in [0.25, 0.3) is 11.3 Å². The lowest BCUT2D eigenvalue weighted by Crippen LogP contribution is -2.41. The molecule has 0 spiro atoms.